The summed E-state index contributed by atoms with van der Waals surface area (Å²) in [5.74, 6) is -0.506. The first-order valence-electron chi connectivity index (χ1n) is 21.8. The van der Waals surface area contributed by atoms with Crippen molar-refractivity contribution in [2.24, 2.45) is 0 Å². The highest BCUT2D eigenvalue weighted by atomic mass is 31.2. The van der Waals surface area contributed by atoms with Gasteiger partial charge in [0.1, 0.15) is 42.7 Å². The Labute approximate surface area is 349 Å². The summed E-state index contributed by atoms with van der Waals surface area (Å²) in [6, 6.07) is 0. The number of phosphoric ester groups is 1. The highest BCUT2D eigenvalue weighted by molar-refractivity contribution is 7.47. The quantitative estimate of drug-likeness (QED) is 0.0155. The molecular formula is C45H77O12P. The van der Waals surface area contributed by atoms with E-state index in [9.17, 15) is 39.8 Å². The fourth-order valence-electron chi connectivity index (χ4n) is 6.12. The van der Waals surface area contributed by atoms with Gasteiger partial charge >= 0.3 is 13.8 Å². The van der Waals surface area contributed by atoms with E-state index in [2.05, 4.69) is 86.8 Å². The predicted molar refractivity (Wildman–Crippen MR) is 230 cm³/mol. The van der Waals surface area contributed by atoms with Gasteiger partial charge in [0.25, 0.3) is 0 Å². The van der Waals surface area contributed by atoms with Gasteiger partial charge in [-0.1, -0.05) is 145 Å². The number of carbonyl (C=O) groups excluding carboxylic acids is 1. The van der Waals surface area contributed by atoms with E-state index in [-0.39, 0.29) is 13.0 Å². The van der Waals surface area contributed by atoms with Crippen LogP contribution in [0.15, 0.2) is 72.9 Å². The van der Waals surface area contributed by atoms with Crippen LogP contribution in [0.2, 0.25) is 0 Å². The van der Waals surface area contributed by atoms with E-state index in [1.807, 2.05) is 0 Å². The summed E-state index contributed by atoms with van der Waals surface area (Å²) in [5, 5.41) is 50.0. The lowest BCUT2D eigenvalue weighted by Crippen LogP contribution is -2.64. The molecule has 1 fully saturated rings. The molecule has 0 heterocycles. The van der Waals surface area contributed by atoms with E-state index >= 15 is 0 Å². The number of aliphatic hydroxyl groups excluding tert-OH is 5. The smallest absolute Gasteiger partial charge is 0.457 e. The molecule has 13 heteroatoms. The molecule has 0 saturated heterocycles. The summed E-state index contributed by atoms with van der Waals surface area (Å²) >= 11 is 0. The summed E-state index contributed by atoms with van der Waals surface area (Å²) in [4.78, 5) is 23.0. The van der Waals surface area contributed by atoms with Gasteiger partial charge in [-0.05, 0) is 64.2 Å². The maximum atomic E-state index is 12.8. The number of hydrogen-bond acceptors (Lipinski definition) is 11. The first-order valence-corrected chi connectivity index (χ1v) is 23.3. The lowest BCUT2D eigenvalue weighted by atomic mass is 9.85. The largest absolute Gasteiger partial charge is 0.472 e. The van der Waals surface area contributed by atoms with Crippen LogP contribution >= 0.6 is 7.82 Å². The van der Waals surface area contributed by atoms with Crippen molar-refractivity contribution in [3.8, 4) is 0 Å². The van der Waals surface area contributed by atoms with Crippen molar-refractivity contribution < 1.29 is 58.3 Å². The van der Waals surface area contributed by atoms with Gasteiger partial charge in [0.15, 0.2) is 0 Å². The van der Waals surface area contributed by atoms with Crippen LogP contribution in [0.25, 0.3) is 0 Å². The Morgan fingerprint density at radius 2 is 1.02 bits per heavy atom. The topological polar surface area (TPSA) is 192 Å². The first-order chi connectivity index (χ1) is 28.0. The lowest BCUT2D eigenvalue weighted by molar-refractivity contribution is -0.220. The average molecular weight is 841 g/mol. The Morgan fingerprint density at radius 1 is 0.569 bits per heavy atom. The van der Waals surface area contributed by atoms with Gasteiger partial charge in [-0.2, -0.15) is 0 Å². The molecule has 0 aromatic rings. The van der Waals surface area contributed by atoms with Crippen LogP contribution in [0.1, 0.15) is 142 Å². The number of ether oxygens (including phenoxy) is 2. The second-order valence-electron chi connectivity index (χ2n) is 14.8. The summed E-state index contributed by atoms with van der Waals surface area (Å²) < 4.78 is 34.0. The molecule has 1 saturated carbocycles. The summed E-state index contributed by atoms with van der Waals surface area (Å²) in [7, 11) is -5.02. The molecule has 0 amide bonds. The van der Waals surface area contributed by atoms with Crippen LogP contribution < -0.4 is 0 Å². The fraction of sp³-hybridized carbons (Fsp3) is 0.711. The Morgan fingerprint density at radius 3 is 1.55 bits per heavy atom. The molecule has 0 bridgehead atoms. The molecule has 6 unspecified atom stereocenters. The van der Waals surface area contributed by atoms with Crippen molar-refractivity contribution in [3.63, 3.8) is 0 Å². The minimum atomic E-state index is -5.02. The summed E-state index contributed by atoms with van der Waals surface area (Å²) in [5.41, 5.74) is 0. The monoisotopic (exact) mass is 841 g/mol. The number of carbonyl (C=O) groups is 1. The van der Waals surface area contributed by atoms with Crippen LogP contribution in [0.5, 0.6) is 0 Å². The number of phosphoric acid groups is 1. The Balaban J connectivity index is 2.38. The maximum Gasteiger partial charge on any atom is 0.472 e. The number of esters is 1. The number of rotatable bonds is 35. The molecule has 6 atom stereocenters. The van der Waals surface area contributed by atoms with E-state index in [1.54, 1.807) is 0 Å². The molecule has 12 nitrogen and oxygen atoms in total. The van der Waals surface area contributed by atoms with Crippen molar-refractivity contribution in [2.45, 2.75) is 185 Å². The molecule has 6 N–H and O–H groups in total. The van der Waals surface area contributed by atoms with Gasteiger partial charge in [-0.25, -0.2) is 4.57 Å². The van der Waals surface area contributed by atoms with Crippen LogP contribution in [0, 0.1) is 0 Å². The van der Waals surface area contributed by atoms with E-state index in [0.29, 0.717) is 13.0 Å². The molecule has 0 radical (unpaired) electrons. The standard InChI is InChI=1S/C45H77O12P/c1-3-5-7-9-11-13-14-15-16-17-18-19-20-21-22-23-24-25-26-27-28-30-32-34-39(46)56-38(36-54-35-33-31-29-12-10-8-6-4-2)37-55-58(52,53)57-45-43(50)41(48)40(47)42(49)44(45)51/h5,7,11,13,15-16,18-19,21-22,24-25,38,40-45,47-51H,3-4,6,8-10,12,14,17,20,23,26-37H2,1-2H3,(H,52,53)/b7-5-,13-11-,16-15-,19-18-,22-21-,25-24-. The molecule has 0 aromatic carbocycles. The van der Waals surface area contributed by atoms with Crippen molar-refractivity contribution in [1.82, 2.24) is 0 Å². The summed E-state index contributed by atoms with van der Waals surface area (Å²) in [6.07, 6.45) is 32.8. The molecule has 58 heavy (non-hydrogen) atoms. The Hall–Kier alpha value is -2.22. The average Bonchev–Trinajstić information content (AvgIpc) is 3.21. The Kier molecular flexibility index (Phi) is 33.0. The SMILES string of the molecule is CC/C=C\C/C=C\C/C=C\C/C=C\C/C=C\C/C=C\CCCCCCC(=O)OC(COCCCCCCCCCC)COP(=O)(O)OC1C(O)C(O)C(O)C(O)C1O. The van der Waals surface area contributed by atoms with E-state index in [4.69, 9.17) is 18.5 Å². The lowest BCUT2D eigenvalue weighted by Gasteiger charge is -2.41. The molecule has 0 spiro atoms. The molecule has 0 aliphatic heterocycles. The van der Waals surface area contributed by atoms with Crippen molar-refractivity contribution in [3.05, 3.63) is 72.9 Å². The van der Waals surface area contributed by atoms with Gasteiger partial charge in [0.05, 0.1) is 13.2 Å². The van der Waals surface area contributed by atoms with E-state index in [1.165, 1.54) is 32.1 Å². The van der Waals surface area contributed by atoms with Crippen LogP contribution in [0.4, 0.5) is 0 Å². The van der Waals surface area contributed by atoms with Gasteiger partial charge in [-0.3, -0.25) is 13.8 Å². The molecule has 1 aliphatic carbocycles. The zero-order valence-electron chi connectivity index (χ0n) is 35.3. The highest BCUT2D eigenvalue weighted by Crippen LogP contribution is 2.47. The number of unbranched alkanes of at least 4 members (excludes halogenated alkanes) is 11. The summed E-state index contributed by atoms with van der Waals surface area (Å²) in [6.45, 7) is 4.05. The fourth-order valence-corrected chi connectivity index (χ4v) is 7.09. The maximum absolute atomic E-state index is 12.8. The molecule has 334 valence electrons. The second kappa shape index (κ2) is 35.5. The number of allylic oxidation sites excluding steroid dienone is 12. The third-order valence-corrected chi connectivity index (χ3v) is 10.6. The normalized spacial score (nSPS) is 23.4. The van der Waals surface area contributed by atoms with Crippen LogP contribution in [-0.2, 0) is 27.9 Å². The van der Waals surface area contributed by atoms with Crippen LogP contribution in [-0.4, -0.2) is 98.9 Å². The third kappa shape index (κ3) is 27.5. The van der Waals surface area contributed by atoms with Crippen LogP contribution in [0.3, 0.4) is 0 Å². The molecular weight excluding hydrogens is 763 g/mol. The van der Waals surface area contributed by atoms with E-state index < -0.39 is 63.1 Å². The minimum absolute atomic E-state index is 0.0908. The van der Waals surface area contributed by atoms with Crippen molar-refractivity contribution in [2.75, 3.05) is 19.8 Å². The van der Waals surface area contributed by atoms with Gasteiger partial charge in [-0.15, -0.1) is 0 Å². The number of hydrogen-bond donors (Lipinski definition) is 6. The first kappa shape index (κ1) is 53.8. The molecule has 0 aromatic heterocycles. The van der Waals surface area contributed by atoms with Gasteiger partial charge < -0.3 is 39.9 Å². The van der Waals surface area contributed by atoms with Crippen molar-refractivity contribution in [1.29, 1.82) is 0 Å². The minimum Gasteiger partial charge on any atom is -0.457 e. The third-order valence-electron chi connectivity index (χ3n) is 9.59. The molecule has 1 rings (SSSR count). The van der Waals surface area contributed by atoms with Gasteiger partial charge in [0.2, 0.25) is 0 Å². The molecule has 1 aliphatic rings. The van der Waals surface area contributed by atoms with Crippen molar-refractivity contribution >= 4 is 13.8 Å². The zero-order valence-corrected chi connectivity index (χ0v) is 36.2. The second-order valence-corrected chi connectivity index (χ2v) is 16.2. The predicted octanol–water partition coefficient (Wildman–Crippen LogP) is 8.41. The van der Waals surface area contributed by atoms with E-state index in [0.717, 1.165) is 83.5 Å². The highest BCUT2D eigenvalue weighted by Gasteiger charge is 2.51. The Bertz CT molecular complexity index is 1230. The number of aliphatic hydroxyl groups is 5. The zero-order chi connectivity index (χ0) is 42.7. The van der Waals surface area contributed by atoms with Gasteiger partial charge in [0, 0.05) is 13.0 Å².